The van der Waals surface area contributed by atoms with Crippen LogP contribution >= 0.6 is 0 Å². The molecule has 1 atom stereocenters. The number of anilines is 2. The van der Waals surface area contributed by atoms with E-state index in [9.17, 15) is 18.3 Å². The van der Waals surface area contributed by atoms with Gasteiger partial charge < -0.3 is 16.2 Å². The lowest BCUT2D eigenvalue weighted by molar-refractivity contribution is -0.136. The second-order valence-corrected chi connectivity index (χ2v) is 4.95. The third kappa shape index (κ3) is 4.63. The third-order valence-electron chi connectivity index (χ3n) is 2.71. The predicted octanol–water partition coefficient (Wildman–Crippen LogP) is 3.11. The Morgan fingerprint density at radius 3 is 2.42 bits per heavy atom. The first-order valence-electron chi connectivity index (χ1n) is 6.08. The highest BCUT2D eigenvalue weighted by Gasteiger charge is 2.33. The van der Waals surface area contributed by atoms with Gasteiger partial charge in [-0.15, -0.1) is 0 Å². The number of nitrogens with two attached hydrogens (primary N) is 1. The molecule has 0 heterocycles. The molecule has 0 aliphatic heterocycles. The summed E-state index contributed by atoms with van der Waals surface area (Å²) in [6.45, 7) is 3.83. The molecule has 1 unspecified atom stereocenters. The molecular weight excluding hydrogens is 257 g/mol. The summed E-state index contributed by atoms with van der Waals surface area (Å²) in [4.78, 5) is 0. The normalized spacial score (nSPS) is 13.6. The van der Waals surface area contributed by atoms with Gasteiger partial charge in [0.1, 0.15) is 0 Å². The van der Waals surface area contributed by atoms with E-state index in [1.165, 1.54) is 12.1 Å². The highest BCUT2D eigenvalue weighted by Crippen LogP contribution is 2.35. The molecule has 0 spiro atoms. The maximum absolute atomic E-state index is 12.7. The van der Waals surface area contributed by atoms with Crippen molar-refractivity contribution in [3.8, 4) is 0 Å². The summed E-state index contributed by atoms with van der Waals surface area (Å²) in [5, 5.41) is 12.1. The van der Waals surface area contributed by atoms with Gasteiger partial charge in [0, 0.05) is 17.4 Å². The molecule has 108 valence electrons. The minimum atomic E-state index is -4.48. The molecule has 19 heavy (non-hydrogen) atoms. The highest BCUT2D eigenvalue weighted by atomic mass is 19.4. The van der Waals surface area contributed by atoms with Crippen LogP contribution in [0.3, 0.4) is 0 Å². The molecule has 1 rings (SSSR count). The maximum atomic E-state index is 12.7. The second kappa shape index (κ2) is 6.14. The van der Waals surface area contributed by atoms with Crippen molar-refractivity contribution < 1.29 is 18.3 Å². The van der Waals surface area contributed by atoms with Crippen LogP contribution in [-0.2, 0) is 6.18 Å². The minimum absolute atomic E-state index is 0.135. The Morgan fingerprint density at radius 2 is 1.95 bits per heavy atom. The number of aliphatic hydroxyl groups is 1. The zero-order valence-electron chi connectivity index (χ0n) is 11.0. The van der Waals surface area contributed by atoms with Gasteiger partial charge in [-0.3, -0.25) is 0 Å². The molecule has 3 nitrogen and oxygen atoms in total. The molecule has 1 aromatic rings. The van der Waals surface area contributed by atoms with Crippen LogP contribution in [0.2, 0.25) is 0 Å². The van der Waals surface area contributed by atoms with Crippen molar-refractivity contribution in [1.29, 1.82) is 0 Å². The molecule has 4 N–H and O–H groups in total. The van der Waals surface area contributed by atoms with Crippen molar-refractivity contribution in [1.82, 2.24) is 0 Å². The van der Waals surface area contributed by atoms with Crippen LogP contribution in [0.4, 0.5) is 24.5 Å². The molecule has 0 fully saturated rings. The van der Waals surface area contributed by atoms with Gasteiger partial charge in [-0.2, -0.15) is 13.2 Å². The van der Waals surface area contributed by atoms with E-state index in [4.69, 9.17) is 5.73 Å². The fraction of sp³-hybridized carbons (Fsp3) is 0.538. The Hall–Kier alpha value is -1.43. The number of alkyl halides is 3. The van der Waals surface area contributed by atoms with Gasteiger partial charge in [0.15, 0.2) is 0 Å². The largest absolute Gasteiger partial charge is 0.418 e. The van der Waals surface area contributed by atoms with Crippen LogP contribution in [0.15, 0.2) is 18.2 Å². The van der Waals surface area contributed by atoms with Gasteiger partial charge in [-0.05, 0) is 30.5 Å². The molecule has 1 aromatic carbocycles. The van der Waals surface area contributed by atoms with Crippen LogP contribution < -0.4 is 11.1 Å². The number of hydrogen-bond donors (Lipinski definition) is 3. The first-order chi connectivity index (χ1) is 8.74. The standard InChI is InChI=1S/C13H19F3N2O/c1-8(2)5-10(7-19)18-9-3-4-12(17)11(6-9)13(14,15)16/h3-4,6,8,10,18-19H,5,7,17H2,1-2H3. The average Bonchev–Trinajstić information content (AvgIpc) is 2.28. The smallest absolute Gasteiger partial charge is 0.398 e. The highest BCUT2D eigenvalue weighted by molar-refractivity contribution is 5.58. The van der Waals surface area contributed by atoms with E-state index in [1.54, 1.807) is 0 Å². The number of aliphatic hydroxyl groups excluding tert-OH is 1. The lowest BCUT2D eigenvalue weighted by Gasteiger charge is -2.20. The van der Waals surface area contributed by atoms with E-state index in [2.05, 4.69) is 5.32 Å². The molecular formula is C13H19F3N2O. The summed E-state index contributed by atoms with van der Waals surface area (Å²) in [6.07, 6.45) is -3.81. The van der Waals surface area contributed by atoms with Crippen molar-refractivity contribution in [2.75, 3.05) is 17.7 Å². The van der Waals surface area contributed by atoms with Crippen LogP contribution in [0.5, 0.6) is 0 Å². The van der Waals surface area contributed by atoms with Crippen LogP contribution in [0.1, 0.15) is 25.8 Å². The number of halogens is 3. The lowest BCUT2D eigenvalue weighted by atomic mass is 10.0. The minimum Gasteiger partial charge on any atom is -0.398 e. The molecule has 0 saturated carbocycles. The first kappa shape index (κ1) is 15.6. The molecule has 0 bridgehead atoms. The summed E-state index contributed by atoms with van der Waals surface area (Å²) in [5.41, 5.74) is 4.46. The van der Waals surface area contributed by atoms with Crippen LogP contribution in [-0.4, -0.2) is 17.8 Å². The Labute approximate surface area is 110 Å². The van der Waals surface area contributed by atoms with E-state index < -0.39 is 11.7 Å². The van der Waals surface area contributed by atoms with Crippen molar-refractivity contribution >= 4 is 11.4 Å². The van der Waals surface area contributed by atoms with Gasteiger partial charge >= 0.3 is 6.18 Å². The monoisotopic (exact) mass is 276 g/mol. The molecule has 0 aromatic heterocycles. The Bertz CT molecular complexity index is 419. The summed E-state index contributed by atoms with van der Waals surface area (Å²) in [6, 6.07) is 3.39. The van der Waals surface area contributed by atoms with Crippen LogP contribution in [0.25, 0.3) is 0 Å². The van der Waals surface area contributed by atoms with E-state index >= 15 is 0 Å². The van der Waals surface area contributed by atoms with Gasteiger partial charge in [-0.25, -0.2) is 0 Å². The summed E-state index contributed by atoms with van der Waals surface area (Å²) >= 11 is 0. The second-order valence-electron chi connectivity index (χ2n) is 4.95. The predicted molar refractivity (Wildman–Crippen MR) is 69.8 cm³/mol. The Balaban J connectivity index is 2.90. The number of benzene rings is 1. The summed E-state index contributed by atoms with van der Waals surface area (Å²) in [7, 11) is 0. The SMILES string of the molecule is CC(C)CC(CO)Nc1ccc(N)c(C(F)(F)F)c1. The fourth-order valence-electron chi connectivity index (χ4n) is 1.88. The van der Waals surface area contributed by atoms with Crippen molar-refractivity contribution in [3.63, 3.8) is 0 Å². The van der Waals surface area contributed by atoms with Gasteiger partial charge in [0.05, 0.1) is 12.2 Å². The third-order valence-corrected chi connectivity index (χ3v) is 2.71. The van der Waals surface area contributed by atoms with E-state index in [1.807, 2.05) is 13.8 Å². The summed E-state index contributed by atoms with van der Waals surface area (Å²) in [5.74, 6) is 0.334. The molecule has 0 amide bonds. The number of nitrogens with one attached hydrogen (secondary N) is 1. The maximum Gasteiger partial charge on any atom is 0.418 e. The Morgan fingerprint density at radius 1 is 1.32 bits per heavy atom. The summed E-state index contributed by atoms with van der Waals surface area (Å²) < 4.78 is 38.1. The van der Waals surface area contributed by atoms with Crippen molar-refractivity contribution in [3.05, 3.63) is 23.8 Å². The first-order valence-corrected chi connectivity index (χ1v) is 6.08. The lowest BCUT2D eigenvalue weighted by Crippen LogP contribution is -2.25. The average molecular weight is 276 g/mol. The van der Waals surface area contributed by atoms with E-state index in [0.29, 0.717) is 18.0 Å². The molecule has 0 radical (unpaired) electrons. The van der Waals surface area contributed by atoms with Crippen LogP contribution in [0, 0.1) is 5.92 Å². The molecule has 6 heteroatoms. The molecule has 0 aliphatic rings. The van der Waals surface area contributed by atoms with Gasteiger partial charge in [0.25, 0.3) is 0 Å². The van der Waals surface area contributed by atoms with E-state index in [-0.39, 0.29) is 18.3 Å². The van der Waals surface area contributed by atoms with Gasteiger partial charge in [-0.1, -0.05) is 13.8 Å². The zero-order valence-corrected chi connectivity index (χ0v) is 11.0. The fourth-order valence-corrected chi connectivity index (χ4v) is 1.88. The number of nitrogen functional groups attached to an aromatic ring is 1. The van der Waals surface area contributed by atoms with Gasteiger partial charge in [0.2, 0.25) is 0 Å². The quantitative estimate of drug-likeness (QED) is 0.724. The zero-order chi connectivity index (χ0) is 14.6. The van der Waals surface area contributed by atoms with E-state index in [0.717, 1.165) is 6.07 Å². The molecule has 0 aliphatic carbocycles. The number of rotatable bonds is 5. The van der Waals surface area contributed by atoms with Crippen molar-refractivity contribution in [2.24, 2.45) is 5.92 Å². The number of hydrogen-bond acceptors (Lipinski definition) is 3. The molecule has 0 saturated heterocycles. The van der Waals surface area contributed by atoms with Crippen molar-refractivity contribution in [2.45, 2.75) is 32.5 Å². The topological polar surface area (TPSA) is 58.3 Å². The Kier molecular flexibility index (Phi) is 5.05.